The number of carbonyl (C=O) groups is 2. The van der Waals surface area contributed by atoms with E-state index < -0.39 is 11.9 Å². The van der Waals surface area contributed by atoms with Crippen LogP contribution in [-0.2, 0) is 18.9 Å². The fourth-order valence-corrected chi connectivity index (χ4v) is 2.43. The summed E-state index contributed by atoms with van der Waals surface area (Å²) in [6, 6.07) is 17.5. The highest BCUT2D eigenvalue weighted by molar-refractivity contribution is 5.89. The summed E-state index contributed by atoms with van der Waals surface area (Å²) in [5, 5.41) is 0. The Morgan fingerprint density at radius 2 is 1.12 bits per heavy atom. The molecule has 2 aromatic rings. The van der Waals surface area contributed by atoms with E-state index in [1.165, 1.54) is 0 Å². The second kappa shape index (κ2) is 9.12. The number of ether oxygens (including phenoxy) is 4. The molecule has 2 atom stereocenters. The minimum absolute atomic E-state index is 0.115. The van der Waals surface area contributed by atoms with Crippen LogP contribution in [0.4, 0.5) is 0 Å². The molecule has 0 radical (unpaired) electrons. The van der Waals surface area contributed by atoms with Gasteiger partial charge in [-0.2, -0.15) is 0 Å². The van der Waals surface area contributed by atoms with Crippen molar-refractivity contribution in [3.05, 3.63) is 71.8 Å². The molecule has 0 unspecified atom stereocenters. The quantitative estimate of drug-likeness (QED) is 0.741. The highest BCUT2D eigenvalue weighted by Gasteiger charge is 2.25. The Hall–Kier alpha value is -2.70. The average molecular weight is 356 g/mol. The molecule has 1 fully saturated rings. The summed E-state index contributed by atoms with van der Waals surface area (Å²) in [5.41, 5.74) is 0.991. The fraction of sp³-hybridized carbons (Fsp3) is 0.300. The van der Waals surface area contributed by atoms with E-state index in [1.807, 2.05) is 12.1 Å². The topological polar surface area (TPSA) is 71.1 Å². The summed E-state index contributed by atoms with van der Waals surface area (Å²) in [6.07, 6.45) is -0.660. The molecule has 0 bridgehead atoms. The number of benzene rings is 2. The van der Waals surface area contributed by atoms with Gasteiger partial charge in [0.1, 0.15) is 25.4 Å². The Bertz CT molecular complexity index is 644. The number of hydrogen-bond donors (Lipinski definition) is 0. The van der Waals surface area contributed by atoms with Crippen molar-refractivity contribution in [2.75, 3.05) is 26.4 Å². The monoisotopic (exact) mass is 356 g/mol. The van der Waals surface area contributed by atoms with E-state index in [0.717, 1.165) is 0 Å². The lowest BCUT2D eigenvalue weighted by Crippen LogP contribution is -2.41. The number of carbonyl (C=O) groups excluding carboxylic acids is 2. The predicted octanol–water partition coefficient (Wildman–Crippen LogP) is 2.48. The Kier molecular flexibility index (Phi) is 6.35. The van der Waals surface area contributed by atoms with Crippen molar-refractivity contribution in [3.63, 3.8) is 0 Å². The maximum Gasteiger partial charge on any atom is 0.338 e. The van der Waals surface area contributed by atoms with Crippen LogP contribution in [0, 0.1) is 0 Å². The standard InChI is InChI=1S/C20H20O6/c21-19(15-7-3-1-4-8-15)25-13-17-11-24-18(12-23-17)14-26-20(22)16-9-5-2-6-10-16/h1-10,17-18H,11-14H2/t17-,18+. The molecular weight excluding hydrogens is 336 g/mol. The third-order valence-corrected chi connectivity index (χ3v) is 3.86. The molecule has 136 valence electrons. The lowest BCUT2D eigenvalue weighted by molar-refractivity contribution is -0.156. The van der Waals surface area contributed by atoms with Crippen LogP contribution < -0.4 is 0 Å². The van der Waals surface area contributed by atoms with E-state index in [4.69, 9.17) is 18.9 Å². The van der Waals surface area contributed by atoms with Crippen LogP contribution in [0.2, 0.25) is 0 Å². The molecule has 26 heavy (non-hydrogen) atoms. The van der Waals surface area contributed by atoms with Gasteiger partial charge in [0.05, 0.1) is 24.3 Å². The minimum Gasteiger partial charge on any atom is -0.459 e. The smallest absolute Gasteiger partial charge is 0.338 e. The molecule has 0 aromatic heterocycles. The highest BCUT2D eigenvalue weighted by atomic mass is 16.6. The Morgan fingerprint density at radius 1 is 0.731 bits per heavy atom. The molecule has 0 spiro atoms. The first-order chi connectivity index (χ1) is 12.7. The first-order valence-electron chi connectivity index (χ1n) is 8.40. The Morgan fingerprint density at radius 3 is 1.46 bits per heavy atom. The van der Waals surface area contributed by atoms with Gasteiger partial charge in [0, 0.05) is 0 Å². The van der Waals surface area contributed by atoms with Gasteiger partial charge in [-0.1, -0.05) is 36.4 Å². The molecule has 6 heteroatoms. The van der Waals surface area contributed by atoms with Crippen LogP contribution >= 0.6 is 0 Å². The third-order valence-electron chi connectivity index (χ3n) is 3.86. The summed E-state index contributed by atoms with van der Waals surface area (Å²) in [7, 11) is 0. The van der Waals surface area contributed by atoms with Gasteiger partial charge in [-0.3, -0.25) is 0 Å². The summed E-state index contributed by atoms with van der Waals surface area (Å²) < 4.78 is 21.7. The summed E-state index contributed by atoms with van der Waals surface area (Å²) in [4.78, 5) is 23.8. The van der Waals surface area contributed by atoms with E-state index >= 15 is 0 Å². The molecule has 0 N–H and O–H groups in total. The van der Waals surface area contributed by atoms with Crippen molar-refractivity contribution in [1.82, 2.24) is 0 Å². The lowest BCUT2D eigenvalue weighted by Gasteiger charge is -2.28. The molecule has 3 rings (SSSR count). The molecule has 0 aliphatic carbocycles. The van der Waals surface area contributed by atoms with Crippen molar-refractivity contribution in [1.29, 1.82) is 0 Å². The van der Waals surface area contributed by atoms with Crippen LogP contribution in [0.1, 0.15) is 20.7 Å². The van der Waals surface area contributed by atoms with Gasteiger partial charge >= 0.3 is 11.9 Å². The van der Waals surface area contributed by atoms with Crippen LogP contribution in [0.15, 0.2) is 60.7 Å². The average Bonchev–Trinajstić information content (AvgIpc) is 2.72. The second-order valence-corrected chi connectivity index (χ2v) is 5.84. The van der Waals surface area contributed by atoms with Gasteiger partial charge in [-0.25, -0.2) is 9.59 Å². The van der Waals surface area contributed by atoms with E-state index in [9.17, 15) is 9.59 Å². The first-order valence-corrected chi connectivity index (χ1v) is 8.40. The van der Waals surface area contributed by atoms with Crippen molar-refractivity contribution in [2.45, 2.75) is 12.2 Å². The minimum atomic E-state index is -0.395. The predicted molar refractivity (Wildman–Crippen MR) is 92.9 cm³/mol. The molecule has 1 saturated heterocycles. The van der Waals surface area contributed by atoms with Crippen LogP contribution in [0.25, 0.3) is 0 Å². The summed E-state index contributed by atoms with van der Waals surface area (Å²) in [6.45, 7) is 0.778. The van der Waals surface area contributed by atoms with Gasteiger partial charge in [-0.05, 0) is 24.3 Å². The van der Waals surface area contributed by atoms with Crippen molar-refractivity contribution < 1.29 is 28.5 Å². The molecule has 0 saturated carbocycles. The largest absolute Gasteiger partial charge is 0.459 e. The second-order valence-electron chi connectivity index (χ2n) is 5.84. The summed E-state index contributed by atoms with van der Waals surface area (Å²) >= 11 is 0. The van der Waals surface area contributed by atoms with E-state index in [-0.39, 0.29) is 38.6 Å². The van der Waals surface area contributed by atoms with Gasteiger partial charge in [-0.15, -0.1) is 0 Å². The van der Waals surface area contributed by atoms with Gasteiger partial charge in [0.2, 0.25) is 0 Å². The van der Waals surface area contributed by atoms with Crippen molar-refractivity contribution >= 4 is 11.9 Å². The molecule has 1 heterocycles. The van der Waals surface area contributed by atoms with Gasteiger partial charge in [0.15, 0.2) is 0 Å². The molecule has 2 aromatic carbocycles. The first kappa shape index (κ1) is 18.1. The van der Waals surface area contributed by atoms with Gasteiger partial charge < -0.3 is 18.9 Å². The van der Waals surface area contributed by atoms with Crippen molar-refractivity contribution in [3.8, 4) is 0 Å². The van der Waals surface area contributed by atoms with Crippen LogP contribution in [0.5, 0.6) is 0 Å². The maximum absolute atomic E-state index is 11.9. The molecule has 0 amide bonds. The number of hydrogen-bond acceptors (Lipinski definition) is 6. The SMILES string of the molecule is O=C(OC[C@@H]1CO[C@@H](COC(=O)c2ccccc2)CO1)c1ccccc1. The zero-order valence-electron chi connectivity index (χ0n) is 14.2. The molecule has 6 nitrogen and oxygen atoms in total. The molecule has 1 aliphatic heterocycles. The van der Waals surface area contributed by atoms with E-state index in [0.29, 0.717) is 11.1 Å². The van der Waals surface area contributed by atoms with E-state index in [1.54, 1.807) is 48.5 Å². The Balaban J connectivity index is 1.35. The number of rotatable bonds is 6. The normalized spacial score (nSPS) is 19.5. The summed E-state index contributed by atoms with van der Waals surface area (Å²) in [5.74, 6) is -0.791. The van der Waals surface area contributed by atoms with Crippen LogP contribution in [-0.4, -0.2) is 50.6 Å². The Labute approximate surface area is 151 Å². The number of esters is 2. The van der Waals surface area contributed by atoms with E-state index in [2.05, 4.69) is 0 Å². The van der Waals surface area contributed by atoms with Gasteiger partial charge in [0.25, 0.3) is 0 Å². The molecular formula is C20H20O6. The third kappa shape index (κ3) is 5.15. The molecule has 1 aliphatic rings. The van der Waals surface area contributed by atoms with Crippen LogP contribution in [0.3, 0.4) is 0 Å². The highest BCUT2D eigenvalue weighted by Crippen LogP contribution is 2.11. The van der Waals surface area contributed by atoms with Crippen molar-refractivity contribution in [2.24, 2.45) is 0 Å². The lowest BCUT2D eigenvalue weighted by atomic mass is 10.2. The zero-order valence-corrected chi connectivity index (χ0v) is 14.2. The fourth-order valence-electron chi connectivity index (χ4n) is 2.43. The maximum atomic E-state index is 11.9. The zero-order chi connectivity index (χ0) is 18.2.